The van der Waals surface area contributed by atoms with Crippen LogP contribution in [0.1, 0.15) is 39.6 Å². The van der Waals surface area contributed by atoms with E-state index in [0.29, 0.717) is 5.56 Å². The number of fused-ring (bicyclic) bond motifs is 1. The quantitative estimate of drug-likeness (QED) is 0.163. The first-order chi connectivity index (χ1) is 20.9. The zero-order valence-corrected chi connectivity index (χ0v) is 23.8. The van der Waals surface area contributed by atoms with Crippen molar-refractivity contribution in [3.8, 4) is 23.0 Å². The second-order valence-electron chi connectivity index (χ2n) is 11.1. The van der Waals surface area contributed by atoms with E-state index in [9.17, 15) is 50.8 Å². The molecule has 2 aromatic rings. The van der Waals surface area contributed by atoms with Crippen LogP contribution < -0.4 is 14.2 Å². The van der Waals surface area contributed by atoms with Gasteiger partial charge in [0.2, 0.25) is 12.6 Å². The van der Waals surface area contributed by atoms with Crippen molar-refractivity contribution in [3.05, 3.63) is 46.5 Å². The van der Waals surface area contributed by atoms with Gasteiger partial charge in [0.1, 0.15) is 83.5 Å². The number of carbonyl (C=O) groups excluding carboxylic acids is 1. The highest BCUT2D eigenvalue weighted by atomic mass is 16.7. The molecule has 15 nitrogen and oxygen atoms in total. The molecule has 3 aliphatic rings. The van der Waals surface area contributed by atoms with Gasteiger partial charge in [-0.25, -0.2) is 0 Å². The number of Topliss-reactive ketones (excluding diaryl/α,β-unsaturated/α-hetero) is 1. The molecule has 2 aromatic carbocycles. The molecule has 0 radical (unpaired) electrons. The predicted octanol–water partition coefficient (Wildman–Crippen LogP) is -1.93. The fraction of sp³-hybridized carbons (Fsp3) is 0.552. The third-order valence-corrected chi connectivity index (χ3v) is 8.16. The molecule has 3 aliphatic heterocycles. The van der Waals surface area contributed by atoms with Crippen LogP contribution in [0.3, 0.4) is 0 Å². The summed E-state index contributed by atoms with van der Waals surface area (Å²) in [6.07, 6.45) is -17.3. The molecule has 3 heterocycles. The van der Waals surface area contributed by atoms with Crippen LogP contribution in [0, 0.1) is 13.8 Å². The SMILES string of the molecule is Cc1c(O[C@@H]2O[C@H](CO)[C@@H](O)[C@H](O)[C@H]2O)c(C)c(O[C@@H]2O[C@H](CO)[C@@H](O)[C@H](O)[C@H]2O)c2c1OC(c1ccc(O)cc1)CC2=O. The molecule has 2 fully saturated rings. The van der Waals surface area contributed by atoms with Crippen LogP contribution in [0.4, 0.5) is 0 Å². The third-order valence-electron chi connectivity index (χ3n) is 8.16. The lowest BCUT2D eigenvalue weighted by Crippen LogP contribution is -2.60. The Morgan fingerprint density at radius 3 is 1.73 bits per heavy atom. The highest BCUT2D eigenvalue weighted by Gasteiger charge is 2.48. The van der Waals surface area contributed by atoms with Gasteiger partial charge in [0.05, 0.1) is 19.6 Å². The van der Waals surface area contributed by atoms with E-state index in [2.05, 4.69) is 0 Å². The second-order valence-corrected chi connectivity index (χ2v) is 11.1. The van der Waals surface area contributed by atoms with E-state index in [1.807, 2.05) is 0 Å². The third kappa shape index (κ3) is 5.72. The molecule has 9 N–H and O–H groups in total. The Hall–Kier alpha value is -3.09. The molecule has 0 spiro atoms. The maximum absolute atomic E-state index is 13.7. The molecule has 44 heavy (non-hydrogen) atoms. The van der Waals surface area contributed by atoms with Gasteiger partial charge in [-0.15, -0.1) is 0 Å². The first-order valence-electron chi connectivity index (χ1n) is 14.0. The number of aromatic hydroxyl groups is 1. The minimum atomic E-state index is -1.82. The van der Waals surface area contributed by atoms with E-state index < -0.39 is 86.5 Å². The van der Waals surface area contributed by atoms with Gasteiger partial charge < -0.3 is 69.6 Å². The van der Waals surface area contributed by atoms with Crippen molar-refractivity contribution in [2.24, 2.45) is 0 Å². The van der Waals surface area contributed by atoms with Gasteiger partial charge in [0, 0.05) is 11.1 Å². The number of hydrogen-bond donors (Lipinski definition) is 9. The number of benzene rings is 2. The van der Waals surface area contributed by atoms with Crippen molar-refractivity contribution in [2.45, 2.75) is 87.8 Å². The van der Waals surface area contributed by atoms with Crippen LogP contribution in [0.15, 0.2) is 24.3 Å². The largest absolute Gasteiger partial charge is 0.508 e. The van der Waals surface area contributed by atoms with Crippen LogP contribution in [0.2, 0.25) is 0 Å². The maximum atomic E-state index is 13.7. The van der Waals surface area contributed by atoms with Crippen molar-refractivity contribution in [2.75, 3.05) is 13.2 Å². The van der Waals surface area contributed by atoms with E-state index in [1.54, 1.807) is 19.1 Å². The number of ketones is 1. The fourth-order valence-electron chi connectivity index (χ4n) is 5.58. The Morgan fingerprint density at radius 1 is 0.727 bits per heavy atom. The molecule has 0 aliphatic carbocycles. The molecule has 2 saturated heterocycles. The number of phenols is 1. The summed E-state index contributed by atoms with van der Waals surface area (Å²) in [5.41, 5.74) is 0.866. The Morgan fingerprint density at radius 2 is 1.23 bits per heavy atom. The number of aliphatic hydroxyl groups excluding tert-OH is 8. The Balaban J connectivity index is 1.59. The summed E-state index contributed by atoms with van der Waals surface area (Å²) < 4.78 is 29.2. The lowest BCUT2D eigenvalue weighted by molar-refractivity contribution is -0.279. The van der Waals surface area contributed by atoms with E-state index in [4.69, 9.17) is 23.7 Å². The van der Waals surface area contributed by atoms with Gasteiger partial charge in [-0.2, -0.15) is 0 Å². The van der Waals surface area contributed by atoms with E-state index >= 15 is 0 Å². The lowest BCUT2D eigenvalue weighted by Gasteiger charge is -2.41. The maximum Gasteiger partial charge on any atom is 0.229 e. The van der Waals surface area contributed by atoms with Crippen LogP contribution in [-0.2, 0) is 9.47 Å². The average molecular weight is 625 g/mol. The standard InChI is InChI=1S/C29H36O15/c1-10-25(43-28-23(38)21(36)19(34)16(8-30)41-28)11(2)27(44-29-24(39)22(37)20(35)17(9-31)42-29)18-14(33)7-15(40-26(10)18)12-3-5-13(32)6-4-12/h3-6,15-17,19-24,28-32,34-39H,7-9H2,1-2H3/t15?,16-,17-,19-,20-,21+,22+,23-,24-,28+,29+/m1/s1. The van der Waals surface area contributed by atoms with Crippen molar-refractivity contribution < 1.29 is 74.4 Å². The Labute approximate surface area is 251 Å². The number of aliphatic hydroxyl groups is 8. The zero-order valence-electron chi connectivity index (χ0n) is 23.8. The lowest BCUT2D eigenvalue weighted by atomic mass is 9.91. The van der Waals surface area contributed by atoms with Crippen LogP contribution in [0.5, 0.6) is 23.0 Å². The summed E-state index contributed by atoms with van der Waals surface area (Å²) in [7, 11) is 0. The number of ether oxygens (including phenoxy) is 5. The predicted molar refractivity (Wildman–Crippen MR) is 145 cm³/mol. The summed E-state index contributed by atoms with van der Waals surface area (Å²) in [5.74, 6) is -0.706. The molecular weight excluding hydrogens is 588 g/mol. The zero-order chi connectivity index (χ0) is 32.0. The van der Waals surface area contributed by atoms with E-state index in [0.717, 1.165) is 0 Å². The Bertz CT molecular complexity index is 1350. The number of carbonyl (C=O) groups is 1. The molecule has 0 aromatic heterocycles. The van der Waals surface area contributed by atoms with E-state index in [-0.39, 0.29) is 46.1 Å². The number of hydrogen-bond acceptors (Lipinski definition) is 15. The van der Waals surface area contributed by atoms with Crippen LogP contribution >= 0.6 is 0 Å². The minimum Gasteiger partial charge on any atom is -0.508 e. The average Bonchev–Trinajstić information content (AvgIpc) is 3.01. The molecule has 11 atom stereocenters. The molecule has 5 rings (SSSR count). The first kappa shape index (κ1) is 32.3. The Kier molecular flexibility index (Phi) is 9.34. The summed E-state index contributed by atoms with van der Waals surface area (Å²) in [6, 6.07) is 6.03. The molecule has 15 heteroatoms. The van der Waals surface area contributed by atoms with Gasteiger partial charge in [-0.3, -0.25) is 4.79 Å². The van der Waals surface area contributed by atoms with Gasteiger partial charge in [0.15, 0.2) is 5.78 Å². The minimum absolute atomic E-state index is 0.00789. The van der Waals surface area contributed by atoms with E-state index in [1.165, 1.54) is 19.1 Å². The number of rotatable bonds is 7. The second kappa shape index (κ2) is 12.7. The first-order valence-corrected chi connectivity index (χ1v) is 14.0. The summed E-state index contributed by atoms with van der Waals surface area (Å²) >= 11 is 0. The fourth-order valence-corrected chi connectivity index (χ4v) is 5.58. The van der Waals surface area contributed by atoms with Gasteiger partial charge in [-0.05, 0) is 31.5 Å². The summed E-state index contributed by atoms with van der Waals surface area (Å²) in [6.45, 7) is 1.60. The number of phenolic OH excluding ortho intramolecular Hbond substituents is 1. The van der Waals surface area contributed by atoms with Crippen molar-refractivity contribution in [1.82, 2.24) is 0 Å². The molecule has 0 saturated carbocycles. The van der Waals surface area contributed by atoms with Gasteiger partial charge >= 0.3 is 0 Å². The van der Waals surface area contributed by atoms with Gasteiger partial charge in [0.25, 0.3) is 0 Å². The molecule has 0 bridgehead atoms. The van der Waals surface area contributed by atoms with Gasteiger partial charge in [-0.1, -0.05) is 12.1 Å². The van der Waals surface area contributed by atoms with Crippen LogP contribution in [-0.4, -0.2) is 126 Å². The smallest absolute Gasteiger partial charge is 0.229 e. The molecule has 242 valence electrons. The molecule has 1 unspecified atom stereocenters. The summed E-state index contributed by atoms with van der Waals surface area (Å²) in [5, 5.41) is 91.2. The normalized spacial score (nSPS) is 35.5. The van der Waals surface area contributed by atoms with Crippen molar-refractivity contribution in [3.63, 3.8) is 0 Å². The monoisotopic (exact) mass is 624 g/mol. The van der Waals surface area contributed by atoms with Crippen LogP contribution in [0.25, 0.3) is 0 Å². The highest BCUT2D eigenvalue weighted by Crippen LogP contribution is 2.49. The molecular formula is C29H36O15. The highest BCUT2D eigenvalue weighted by molar-refractivity contribution is 6.04. The molecule has 0 amide bonds. The summed E-state index contributed by atoms with van der Waals surface area (Å²) in [4.78, 5) is 13.7. The topological polar surface area (TPSA) is 245 Å². The van der Waals surface area contributed by atoms with Crippen molar-refractivity contribution in [1.29, 1.82) is 0 Å². The van der Waals surface area contributed by atoms with Crippen molar-refractivity contribution >= 4 is 5.78 Å².